The molecule has 0 spiro atoms. The Morgan fingerprint density at radius 3 is 2.23 bits per heavy atom. The van der Waals surface area contributed by atoms with Gasteiger partial charge in [0.2, 0.25) is 0 Å². The number of alkyl halides is 3. The zero-order chi connectivity index (χ0) is 25.0. The molecule has 0 radical (unpaired) electrons. The Kier molecular flexibility index (Phi) is 7.16. The van der Waals surface area contributed by atoms with Gasteiger partial charge in [-0.05, 0) is 60.5 Å². The molecule has 1 aliphatic rings. The number of carbonyl (C=O) groups is 2. The Hall–Kier alpha value is -3.72. The number of urea groups is 2. The summed E-state index contributed by atoms with van der Waals surface area (Å²) in [5.41, 5.74) is 1.52. The fraction of sp³-hybridized carbons (Fsp3) is 0.200. The number of amides is 4. The first-order valence-electron chi connectivity index (χ1n) is 10.9. The van der Waals surface area contributed by atoms with Crippen LogP contribution in [0.25, 0.3) is 0 Å². The molecule has 0 saturated carbocycles. The highest BCUT2D eigenvalue weighted by Crippen LogP contribution is 2.30. The number of carbonyl (C=O) groups excluding carboxylic acids is 2. The molecule has 1 saturated heterocycles. The van der Waals surface area contributed by atoms with Crippen LogP contribution in [0.4, 0.5) is 39.8 Å². The SMILES string of the molecule is O=C(Nc1cccc(Cl)c1)Nc1cccc(N2CCCN(Cc3ccc(C(F)(F)F)cc3)C2=O)c1. The predicted octanol–water partition coefficient (Wildman–Crippen LogP) is 6.84. The van der Waals surface area contributed by atoms with Crippen molar-refractivity contribution in [1.29, 1.82) is 0 Å². The van der Waals surface area contributed by atoms with Crippen LogP contribution in [0.15, 0.2) is 72.8 Å². The van der Waals surface area contributed by atoms with Gasteiger partial charge in [0.25, 0.3) is 0 Å². The van der Waals surface area contributed by atoms with Gasteiger partial charge in [0.15, 0.2) is 0 Å². The van der Waals surface area contributed by atoms with Gasteiger partial charge in [-0.3, -0.25) is 4.90 Å². The Morgan fingerprint density at radius 2 is 1.57 bits per heavy atom. The quantitative estimate of drug-likeness (QED) is 0.401. The summed E-state index contributed by atoms with van der Waals surface area (Å²) in [5, 5.41) is 5.92. The van der Waals surface area contributed by atoms with Crippen molar-refractivity contribution in [3.05, 3.63) is 88.9 Å². The minimum absolute atomic E-state index is 0.202. The Balaban J connectivity index is 1.41. The predicted molar refractivity (Wildman–Crippen MR) is 130 cm³/mol. The van der Waals surface area contributed by atoms with E-state index in [4.69, 9.17) is 11.6 Å². The fourth-order valence-electron chi connectivity index (χ4n) is 3.80. The lowest BCUT2D eigenvalue weighted by molar-refractivity contribution is -0.137. The van der Waals surface area contributed by atoms with Crippen LogP contribution in [0.2, 0.25) is 5.02 Å². The Bertz CT molecular complexity index is 1220. The first-order valence-corrected chi connectivity index (χ1v) is 11.2. The smallest absolute Gasteiger partial charge is 0.320 e. The fourth-order valence-corrected chi connectivity index (χ4v) is 3.99. The van der Waals surface area contributed by atoms with E-state index in [-0.39, 0.29) is 12.6 Å². The van der Waals surface area contributed by atoms with Gasteiger partial charge in [0.05, 0.1) is 5.56 Å². The highest BCUT2D eigenvalue weighted by atomic mass is 35.5. The zero-order valence-corrected chi connectivity index (χ0v) is 19.2. The molecule has 0 bridgehead atoms. The maximum atomic E-state index is 13.1. The number of rotatable bonds is 5. The lowest BCUT2D eigenvalue weighted by Gasteiger charge is -2.36. The Morgan fingerprint density at radius 1 is 0.914 bits per heavy atom. The summed E-state index contributed by atoms with van der Waals surface area (Å²) < 4.78 is 38.4. The van der Waals surface area contributed by atoms with Crippen molar-refractivity contribution < 1.29 is 22.8 Å². The van der Waals surface area contributed by atoms with Crippen molar-refractivity contribution in [1.82, 2.24) is 4.90 Å². The molecule has 3 aromatic carbocycles. The average molecular weight is 503 g/mol. The second-order valence-electron chi connectivity index (χ2n) is 8.04. The summed E-state index contributed by atoms with van der Waals surface area (Å²) in [7, 11) is 0. The van der Waals surface area contributed by atoms with Gasteiger partial charge < -0.3 is 15.5 Å². The zero-order valence-electron chi connectivity index (χ0n) is 18.5. The van der Waals surface area contributed by atoms with Crippen LogP contribution in [-0.2, 0) is 12.7 Å². The molecular formula is C25H22ClF3N4O2. The average Bonchev–Trinajstić information content (AvgIpc) is 2.80. The molecule has 3 aromatic rings. The van der Waals surface area contributed by atoms with E-state index in [0.29, 0.717) is 47.2 Å². The van der Waals surface area contributed by atoms with Crippen LogP contribution in [0.3, 0.4) is 0 Å². The van der Waals surface area contributed by atoms with Gasteiger partial charge in [0.1, 0.15) is 0 Å². The van der Waals surface area contributed by atoms with E-state index in [0.717, 1.165) is 12.1 Å². The Labute approximate surface area is 205 Å². The van der Waals surface area contributed by atoms with Gasteiger partial charge in [-0.15, -0.1) is 0 Å². The second kappa shape index (κ2) is 10.3. The van der Waals surface area contributed by atoms with Crippen molar-refractivity contribution >= 4 is 40.7 Å². The number of benzene rings is 3. The summed E-state index contributed by atoms with van der Waals surface area (Å²) in [4.78, 5) is 28.7. The van der Waals surface area contributed by atoms with Crippen LogP contribution in [0.1, 0.15) is 17.5 Å². The van der Waals surface area contributed by atoms with E-state index in [1.807, 2.05) is 0 Å². The first-order chi connectivity index (χ1) is 16.7. The van der Waals surface area contributed by atoms with Crippen molar-refractivity contribution in [3.8, 4) is 0 Å². The van der Waals surface area contributed by atoms with Crippen LogP contribution in [-0.4, -0.2) is 30.1 Å². The molecule has 1 fully saturated rings. The minimum atomic E-state index is -4.40. The minimum Gasteiger partial charge on any atom is -0.320 e. The second-order valence-corrected chi connectivity index (χ2v) is 8.48. The first kappa shape index (κ1) is 24.4. The molecule has 2 N–H and O–H groups in total. The van der Waals surface area contributed by atoms with Gasteiger partial charge in [0, 0.05) is 41.7 Å². The molecule has 0 atom stereocenters. The summed E-state index contributed by atoms with van der Waals surface area (Å²) in [5.74, 6) is 0. The number of hydrogen-bond acceptors (Lipinski definition) is 2. The van der Waals surface area contributed by atoms with Crippen LogP contribution in [0, 0.1) is 0 Å². The molecule has 4 amide bonds. The third-order valence-electron chi connectivity index (χ3n) is 5.46. The van der Waals surface area contributed by atoms with Crippen molar-refractivity contribution in [3.63, 3.8) is 0 Å². The van der Waals surface area contributed by atoms with Gasteiger partial charge in [-0.2, -0.15) is 13.2 Å². The van der Waals surface area contributed by atoms with Gasteiger partial charge in [-0.25, -0.2) is 9.59 Å². The molecule has 4 rings (SSSR count). The summed E-state index contributed by atoms with van der Waals surface area (Å²) >= 11 is 5.94. The summed E-state index contributed by atoms with van der Waals surface area (Å²) in [6, 6.07) is 17.7. The van der Waals surface area contributed by atoms with E-state index in [2.05, 4.69) is 10.6 Å². The monoisotopic (exact) mass is 502 g/mol. The third kappa shape index (κ3) is 6.24. The topological polar surface area (TPSA) is 64.7 Å². The molecule has 182 valence electrons. The molecule has 6 nitrogen and oxygen atoms in total. The van der Waals surface area contributed by atoms with Crippen molar-refractivity contribution in [2.45, 2.75) is 19.1 Å². The third-order valence-corrected chi connectivity index (χ3v) is 5.70. The highest BCUT2D eigenvalue weighted by molar-refractivity contribution is 6.30. The number of nitrogens with one attached hydrogen (secondary N) is 2. The number of anilines is 3. The molecule has 10 heteroatoms. The molecule has 0 aromatic heterocycles. The molecule has 1 heterocycles. The van der Waals surface area contributed by atoms with E-state index >= 15 is 0 Å². The maximum Gasteiger partial charge on any atom is 0.416 e. The van der Waals surface area contributed by atoms with E-state index in [9.17, 15) is 22.8 Å². The van der Waals surface area contributed by atoms with Crippen LogP contribution in [0.5, 0.6) is 0 Å². The maximum absolute atomic E-state index is 13.1. The van der Waals surface area contributed by atoms with E-state index < -0.39 is 17.8 Å². The lowest BCUT2D eigenvalue weighted by atomic mass is 10.1. The molecule has 0 unspecified atom stereocenters. The summed E-state index contributed by atoms with van der Waals surface area (Å²) in [6.45, 7) is 1.18. The van der Waals surface area contributed by atoms with Crippen molar-refractivity contribution in [2.24, 2.45) is 0 Å². The van der Waals surface area contributed by atoms with Crippen LogP contribution < -0.4 is 15.5 Å². The lowest BCUT2D eigenvalue weighted by Crippen LogP contribution is -2.49. The molecule has 1 aliphatic heterocycles. The number of nitrogens with zero attached hydrogens (tertiary/aromatic N) is 2. The molecular weight excluding hydrogens is 481 g/mol. The van der Waals surface area contributed by atoms with E-state index in [1.54, 1.807) is 58.3 Å². The number of hydrogen-bond donors (Lipinski definition) is 2. The van der Waals surface area contributed by atoms with Gasteiger partial charge in [-0.1, -0.05) is 35.9 Å². The molecule has 35 heavy (non-hydrogen) atoms. The normalized spacial score (nSPS) is 14.1. The van der Waals surface area contributed by atoms with Crippen LogP contribution >= 0.6 is 11.6 Å². The standard InChI is InChI=1S/C25H22ClF3N4O2/c26-19-4-1-5-20(14-19)30-23(34)31-21-6-2-7-22(15-21)33-13-3-12-32(24(33)35)16-17-8-10-18(11-9-17)25(27,28)29/h1-2,4-11,14-15H,3,12-13,16H2,(H2,30,31,34). The summed E-state index contributed by atoms with van der Waals surface area (Å²) in [6.07, 6.45) is -3.71. The molecule has 0 aliphatic carbocycles. The number of halogens is 4. The largest absolute Gasteiger partial charge is 0.416 e. The van der Waals surface area contributed by atoms with Gasteiger partial charge >= 0.3 is 18.2 Å². The van der Waals surface area contributed by atoms with Crippen molar-refractivity contribution in [2.75, 3.05) is 28.6 Å². The highest BCUT2D eigenvalue weighted by Gasteiger charge is 2.31. The van der Waals surface area contributed by atoms with E-state index in [1.165, 1.54) is 12.1 Å².